The number of benzene rings is 3. The Labute approximate surface area is 193 Å². The summed E-state index contributed by atoms with van der Waals surface area (Å²) in [5.74, 6) is 0.286. The molecule has 0 bridgehead atoms. The quantitative estimate of drug-likeness (QED) is 0.382. The minimum Gasteiger partial charge on any atom is -0.406 e. The smallest absolute Gasteiger partial charge is 0.406 e. The van der Waals surface area contributed by atoms with Gasteiger partial charge < -0.3 is 4.74 Å². The van der Waals surface area contributed by atoms with Crippen molar-refractivity contribution >= 4 is 5.78 Å². The number of hydrogen-bond donors (Lipinski definition) is 0. The molecule has 1 aliphatic rings. The molecule has 0 aliphatic heterocycles. The Balaban J connectivity index is 1.37. The summed E-state index contributed by atoms with van der Waals surface area (Å²) in [6, 6.07) is 21.3. The lowest BCUT2D eigenvalue weighted by Gasteiger charge is -2.25. The van der Waals surface area contributed by atoms with E-state index in [-0.39, 0.29) is 17.5 Å². The van der Waals surface area contributed by atoms with Crippen LogP contribution in [0, 0.1) is 0 Å². The Kier molecular flexibility index (Phi) is 5.65. The van der Waals surface area contributed by atoms with E-state index in [0.29, 0.717) is 30.8 Å². The average molecular weight is 463 g/mol. The molecule has 1 aliphatic carbocycles. The molecule has 0 amide bonds. The van der Waals surface area contributed by atoms with Gasteiger partial charge in [-0.2, -0.15) is 0 Å². The molecule has 1 atom stereocenters. The van der Waals surface area contributed by atoms with Gasteiger partial charge in [-0.1, -0.05) is 42.5 Å². The van der Waals surface area contributed by atoms with Gasteiger partial charge in [0.05, 0.1) is 5.69 Å². The maximum absolute atomic E-state index is 12.7. The van der Waals surface area contributed by atoms with E-state index >= 15 is 0 Å². The molecule has 172 valence electrons. The molecule has 34 heavy (non-hydrogen) atoms. The number of ether oxygens (including phenoxy) is 1. The van der Waals surface area contributed by atoms with E-state index in [1.54, 1.807) is 0 Å². The van der Waals surface area contributed by atoms with Gasteiger partial charge in [0.15, 0.2) is 5.82 Å². The summed E-state index contributed by atoms with van der Waals surface area (Å²) in [7, 11) is 0. The topological polar surface area (TPSA) is 57.0 Å². The Morgan fingerprint density at radius 1 is 0.971 bits per heavy atom. The number of hydrogen-bond acceptors (Lipinski definition) is 4. The molecule has 0 spiro atoms. The maximum atomic E-state index is 12.7. The van der Waals surface area contributed by atoms with Crippen LogP contribution >= 0.6 is 0 Å². The van der Waals surface area contributed by atoms with Crippen LogP contribution in [0.1, 0.15) is 29.0 Å². The zero-order valence-electron chi connectivity index (χ0n) is 18.0. The van der Waals surface area contributed by atoms with Gasteiger partial charge in [-0.25, -0.2) is 9.67 Å². The van der Waals surface area contributed by atoms with Crippen LogP contribution in [0.25, 0.3) is 17.1 Å². The van der Waals surface area contributed by atoms with Gasteiger partial charge in [0, 0.05) is 17.9 Å². The fraction of sp³-hybridized carbons (Fsp3) is 0.192. The molecule has 1 unspecified atom stereocenters. The summed E-state index contributed by atoms with van der Waals surface area (Å²) < 4.78 is 42.5. The summed E-state index contributed by atoms with van der Waals surface area (Å²) in [6.45, 7) is 0. The second-order valence-electron chi connectivity index (χ2n) is 8.18. The standard InChI is InChI=1S/C26H20F3N3O2/c27-26(28,29)34-21-10-8-20(9-11-21)32-16-30-25(31-32)19-6-12-22-18(15-19)7-13-24(33)23(22)14-17-4-2-1-3-5-17/h1-6,8-12,15-16,23H,7,13-14H2. The van der Waals surface area contributed by atoms with Gasteiger partial charge in [-0.05, 0) is 59.9 Å². The molecule has 0 radical (unpaired) electrons. The molecule has 0 saturated heterocycles. The van der Waals surface area contributed by atoms with Crippen LogP contribution in [0.4, 0.5) is 13.2 Å². The van der Waals surface area contributed by atoms with Gasteiger partial charge >= 0.3 is 6.36 Å². The highest BCUT2D eigenvalue weighted by Gasteiger charge is 2.31. The Morgan fingerprint density at radius 3 is 2.47 bits per heavy atom. The number of alkyl halides is 3. The van der Waals surface area contributed by atoms with Crippen molar-refractivity contribution < 1.29 is 22.7 Å². The second-order valence-corrected chi connectivity index (χ2v) is 8.18. The van der Waals surface area contributed by atoms with Crippen LogP contribution in [0.5, 0.6) is 5.75 Å². The summed E-state index contributed by atoms with van der Waals surface area (Å²) in [4.78, 5) is 17.0. The molecule has 5 rings (SSSR count). The number of carbonyl (C=O) groups excluding carboxylic acids is 1. The normalized spacial score (nSPS) is 15.7. The predicted molar refractivity (Wildman–Crippen MR) is 120 cm³/mol. The minimum atomic E-state index is -4.74. The molecule has 8 heteroatoms. The van der Waals surface area contributed by atoms with Crippen LogP contribution in [0.15, 0.2) is 79.1 Å². The maximum Gasteiger partial charge on any atom is 0.573 e. The number of fused-ring (bicyclic) bond motifs is 1. The number of aromatic nitrogens is 3. The number of rotatable bonds is 5. The Morgan fingerprint density at radius 2 is 1.74 bits per heavy atom. The Hall–Kier alpha value is -3.94. The molecule has 0 N–H and O–H groups in total. The molecular formula is C26H20F3N3O2. The molecule has 5 nitrogen and oxygen atoms in total. The highest BCUT2D eigenvalue weighted by Crippen LogP contribution is 2.34. The lowest BCUT2D eigenvalue weighted by atomic mass is 9.78. The van der Waals surface area contributed by atoms with Crippen molar-refractivity contribution in [3.05, 3.63) is 95.8 Å². The number of aryl methyl sites for hydroxylation is 1. The predicted octanol–water partition coefficient (Wildman–Crippen LogP) is 5.67. The van der Waals surface area contributed by atoms with Crippen LogP contribution < -0.4 is 4.74 Å². The van der Waals surface area contributed by atoms with Crippen molar-refractivity contribution in [2.75, 3.05) is 0 Å². The number of nitrogens with zero attached hydrogens (tertiary/aromatic N) is 3. The second kappa shape index (κ2) is 8.78. The highest BCUT2D eigenvalue weighted by molar-refractivity contribution is 5.88. The average Bonchev–Trinajstić information content (AvgIpc) is 3.31. The van der Waals surface area contributed by atoms with E-state index in [4.69, 9.17) is 0 Å². The van der Waals surface area contributed by atoms with Crippen molar-refractivity contribution in [2.45, 2.75) is 31.5 Å². The number of carbonyl (C=O) groups is 1. The first-order chi connectivity index (χ1) is 16.4. The van der Waals surface area contributed by atoms with E-state index in [1.165, 1.54) is 35.3 Å². The number of Topliss-reactive ketones (excluding diaryl/α,β-unsaturated/α-hetero) is 1. The zero-order valence-corrected chi connectivity index (χ0v) is 18.0. The van der Waals surface area contributed by atoms with Crippen molar-refractivity contribution in [3.8, 4) is 22.8 Å². The van der Waals surface area contributed by atoms with E-state index < -0.39 is 6.36 Å². The lowest BCUT2D eigenvalue weighted by molar-refractivity contribution is -0.274. The third kappa shape index (κ3) is 4.71. The summed E-state index contributed by atoms with van der Waals surface area (Å²) in [6.07, 6.45) is -1.38. The summed E-state index contributed by atoms with van der Waals surface area (Å²) in [5.41, 5.74) is 4.67. The van der Waals surface area contributed by atoms with Crippen LogP contribution in [0.2, 0.25) is 0 Å². The largest absolute Gasteiger partial charge is 0.573 e. The molecule has 0 saturated carbocycles. The molecule has 0 fully saturated rings. The third-order valence-corrected chi connectivity index (χ3v) is 5.92. The SMILES string of the molecule is O=C1CCc2cc(-c3ncn(-c4ccc(OC(F)(F)F)cc4)n3)ccc2C1Cc1ccccc1. The fourth-order valence-corrected chi connectivity index (χ4v) is 4.30. The molecular weight excluding hydrogens is 443 g/mol. The first kappa shape index (κ1) is 21.9. The van der Waals surface area contributed by atoms with Gasteiger partial charge in [-0.15, -0.1) is 18.3 Å². The lowest BCUT2D eigenvalue weighted by Crippen LogP contribution is -2.22. The van der Waals surface area contributed by atoms with Gasteiger partial charge in [-0.3, -0.25) is 4.79 Å². The fourth-order valence-electron chi connectivity index (χ4n) is 4.30. The van der Waals surface area contributed by atoms with Crippen molar-refractivity contribution in [3.63, 3.8) is 0 Å². The number of halogens is 3. The molecule has 1 heterocycles. The van der Waals surface area contributed by atoms with E-state index in [0.717, 1.165) is 22.3 Å². The first-order valence-electron chi connectivity index (χ1n) is 10.8. The van der Waals surface area contributed by atoms with Gasteiger partial charge in [0.25, 0.3) is 0 Å². The summed E-state index contributed by atoms with van der Waals surface area (Å²) >= 11 is 0. The zero-order chi connectivity index (χ0) is 23.7. The van der Waals surface area contributed by atoms with E-state index in [1.807, 2.05) is 48.5 Å². The van der Waals surface area contributed by atoms with Crippen molar-refractivity contribution in [1.29, 1.82) is 0 Å². The van der Waals surface area contributed by atoms with Gasteiger partial charge in [0.2, 0.25) is 0 Å². The van der Waals surface area contributed by atoms with E-state index in [9.17, 15) is 18.0 Å². The molecule has 3 aromatic carbocycles. The van der Waals surface area contributed by atoms with E-state index in [2.05, 4.69) is 14.8 Å². The first-order valence-corrected chi connectivity index (χ1v) is 10.8. The third-order valence-electron chi connectivity index (χ3n) is 5.92. The van der Waals surface area contributed by atoms with Crippen LogP contribution in [-0.2, 0) is 17.6 Å². The minimum absolute atomic E-state index is 0.164. The highest BCUT2D eigenvalue weighted by atomic mass is 19.4. The van der Waals surface area contributed by atoms with Crippen molar-refractivity contribution in [1.82, 2.24) is 14.8 Å². The number of ketones is 1. The summed E-state index contributed by atoms with van der Waals surface area (Å²) in [5, 5.41) is 4.48. The monoisotopic (exact) mass is 463 g/mol. The molecule has 4 aromatic rings. The van der Waals surface area contributed by atoms with Crippen LogP contribution in [0.3, 0.4) is 0 Å². The van der Waals surface area contributed by atoms with Gasteiger partial charge in [0.1, 0.15) is 17.9 Å². The molecule has 1 aromatic heterocycles. The Bertz CT molecular complexity index is 1320. The van der Waals surface area contributed by atoms with Crippen molar-refractivity contribution in [2.24, 2.45) is 0 Å². The van der Waals surface area contributed by atoms with Crippen LogP contribution in [-0.4, -0.2) is 26.9 Å².